The first kappa shape index (κ1) is 21.2. The van der Waals surface area contributed by atoms with Crippen LogP contribution in [-0.2, 0) is 0 Å². The molecule has 0 saturated carbocycles. The molecule has 0 radical (unpaired) electrons. The van der Waals surface area contributed by atoms with Crippen LogP contribution in [0.15, 0.2) is 115 Å². The van der Waals surface area contributed by atoms with Gasteiger partial charge < -0.3 is 9.47 Å². The molecule has 1 aromatic heterocycles. The van der Waals surface area contributed by atoms with Gasteiger partial charge in [-0.05, 0) is 86.5 Å². The molecule has 2 heteroatoms. The molecule has 0 spiro atoms. The van der Waals surface area contributed by atoms with Crippen molar-refractivity contribution in [3.63, 3.8) is 0 Å². The van der Waals surface area contributed by atoms with Crippen LogP contribution in [0.4, 0.5) is 17.1 Å². The zero-order valence-corrected chi connectivity index (χ0v) is 20.4. The first-order valence-corrected chi connectivity index (χ1v) is 12.1. The van der Waals surface area contributed by atoms with Gasteiger partial charge in [0.15, 0.2) is 0 Å². The smallest absolute Gasteiger partial charge is 0.0562 e. The fourth-order valence-electron chi connectivity index (χ4n) is 5.03. The first-order chi connectivity index (χ1) is 17.1. The number of aromatic nitrogens is 1. The summed E-state index contributed by atoms with van der Waals surface area (Å²) < 4.78 is 2.38. The molecule has 170 valence electrons. The summed E-state index contributed by atoms with van der Waals surface area (Å²) >= 11 is 0. The number of anilines is 3. The average molecular weight is 453 g/mol. The van der Waals surface area contributed by atoms with E-state index in [1.807, 2.05) is 0 Å². The maximum Gasteiger partial charge on any atom is 0.0562 e. The van der Waals surface area contributed by atoms with E-state index < -0.39 is 0 Å². The number of para-hydroxylation sites is 2. The van der Waals surface area contributed by atoms with Crippen molar-refractivity contribution in [1.82, 2.24) is 4.57 Å². The standard InChI is InChI=1S/C33H28N2/c1-23-16-19-27(20-17-23)34(28-21-18-24(2)25(3)22-28)31-14-9-15-32-33(31)29-12-7-8-13-30(29)35(32)26-10-5-4-6-11-26/h4-22H,1-3H3. The fraction of sp³-hybridized carbons (Fsp3) is 0.0909. The van der Waals surface area contributed by atoms with E-state index in [4.69, 9.17) is 0 Å². The number of benzene rings is 5. The fourth-order valence-corrected chi connectivity index (χ4v) is 5.03. The van der Waals surface area contributed by atoms with Crippen LogP contribution in [0, 0.1) is 20.8 Å². The predicted octanol–water partition coefficient (Wildman–Crippen LogP) is 9.18. The summed E-state index contributed by atoms with van der Waals surface area (Å²) in [5, 5.41) is 2.51. The van der Waals surface area contributed by atoms with Crippen molar-refractivity contribution in [2.45, 2.75) is 20.8 Å². The van der Waals surface area contributed by atoms with Crippen molar-refractivity contribution in [1.29, 1.82) is 0 Å². The molecule has 0 N–H and O–H groups in total. The third-order valence-electron chi connectivity index (χ3n) is 6.97. The van der Waals surface area contributed by atoms with Gasteiger partial charge in [0.2, 0.25) is 0 Å². The Morgan fingerprint density at radius 1 is 0.543 bits per heavy atom. The van der Waals surface area contributed by atoms with E-state index in [1.165, 1.54) is 55.6 Å². The van der Waals surface area contributed by atoms with Crippen molar-refractivity contribution in [2.24, 2.45) is 0 Å². The minimum Gasteiger partial charge on any atom is -0.310 e. The van der Waals surface area contributed by atoms with Crippen molar-refractivity contribution in [2.75, 3.05) is 4.90 Å². The SMILES string of the molecule is Cc1ccc(N(c2ccc(C)c(C)c2)c2cccc3c2c2ccccc2n3-c2ccccc2)cc1. The van der Waals surface area contributed by atoms with Crippen molar-refractivity contribution in [3.05, 3.63) is 132 Å². The Bertz CT molecular complexity index is 1660. The minimum absolute atomic E-state index is 1.16. The third-order valence-corrected chi connectivity index (χ3v) is 6.97. The number of aryl methyl sites for hydroxylation is 3. The molecule has 0 bridgehead atoms. The normalized spacial score (nSPS) is 11.3. The van der Waals surface area contributed by atoms with E-state index in [9.17, 15) is 0 Å². The van der Waals surface area contributed by atoms with Gasteiger partial charge in [0.1, 0.15) is 0 Å². The molecule has 0 aliphatic rings. The molecule has 6 rings (SSSR count). The zero-order chi connectivity index (χ0) is 23.9. The molecular formula is C33H28N2. The molecule has 6 aromatic rings. The number of hydrogen-bond acceptors (Lipinski definition) is 1. The summed E-state index contributed by atoms with van der Waals surface area (Å²) in [5.74, 6) is 0. The van der Waals surface area contributed by atoms with Gasteiger partial charge in [-0.25, -0.2) is 0 Å². The van der Waals surface area contributed by atoms with Crippen LogP contribution in [0.5, 0.6) is 0 Å². The maximum atomic E-state index is 2.40. The number of hydrogen-bond donors (Lipinski definition) is 0. The van der Waals surface area contributed by atoms with Crippen LogP contribution in [0.2, 0.25) is 0 Å². The third kappa shape index (κ3) is 3.59. The van der Waals surface area contributed by atoms with Gasteiger partial charge in [0.25, 0.3) is 0 Å². The van der Waals surface area contributed by atoms with E-state index >= 15 is 0 Å². The molecule has 0 aliphatic carbocycles. The van der Waals surface area contributed by atoms with Crippen LogP contribution in [-0.4, -0.2) is 4.57 Å². The van der Waals surface area contributed by atoms with Crippen LogP contribution >= 0.6 is 0 Å². The number of fused-ring (bicyclic) bond motifs is 3. The summed E-state index contributed by atoms with van der Waals surface area (Å²) in [6.45, 7) is 6.50. The number of rotatable bonds is 4. The molecule has 0 atom stereocenters. The highest BCUT2D eigenvalue weighted by Gasteiger charge is 2.20. The Morgan fingerprint density at radius 2 is 1.23 bits per heavy atom. The molecule has 0 amide bonds. The molecule has 0 aliphatic heterocycles. The van der Waals surface area contributed by atoms with Gasteiger partial charge in [-0.15, -0.1) is 0 Å². The monoisotopic (exact) mass is 452 g/mol. The van der Waals surface area contributed by atoms with Crippen molar-refractivity contribution < 1.29 is 0 Å². The molecule has 35 heavy (non-hydrogen) atoms. The highest BCUT2D eigenvalue weighted by molar-refractivity contribution is 6.16. The van der Waals surface area contributed by atoms with Gasteiger partial charge >= 0.3 is 0 Å². The number of nitrogens with zero attached hydrogens (tertiary/aromatic N) is 2. The summed E-state index contributed by atoms with van der Waals surface area (Å²) in [6, 6.07) is 41.6. The lowest BCUT2D eigenvalue weighted by Crippen LogP contribution is -2.11. The highest BCUT2D eigenvalue weighted by Crippen LogP contribution is 2.43. The summed E-state index contributed by atoms with van der Waals surface area (Å²) in [6.07, 6.45) is 0. The summed E-state index contributed by atoms with van der Waals surface area (Å²) in [4.78, 5) is 2.40. The lowest BCUT2D eigenvalue weighted by Gasteiger charge is -2.27. The van der Waals surface area contributed by atoms with E-state index in [2.05, 4.69) is 145 Å². The van der Waals surface area contributed by atoms with Gasteiger partial charge in [-0.1, -0.05) is 66.2 Å². The molecule has 5 aromatic carbocycles. The summed E-state index contributed by atoms with van der Waals surface area (Å²) in [5.41, 5.74) is 10.9. The van der Waals surface area contributed by atoms with Crippen LogP contribution in [0.3, 0.4) is 0 Å². The Kier molecular flexibility index (Phi) is 5.15. The van der Waals surface area contributed by atoms with E-state index in [0.29, 0.717) is 0 Å². The molecule has 1 heterocycles. The Balaban J connectivity index is 1.71. The predicted molar refractivity (Wildman–Crippen MR) is 150 cm³/mol. The first-order valence-electron chi connectivity index (χ1n) is 12.1. The Hall–Kier alpha value is -4.30. The van der Waals surface area contributed by atoms with Crippen molar-refractivity contribution in [3.8, 4) is 5.69 Å². The van der Waals surface area contributed by atoms with E-state index in [-0.39, 0.29) is 0 Å². The largest absolute Gasteiger partial charge is 0.310 e. The Labute approximate surface area is 206 Å². The second kappa shape index (κ2) is 8.48. The second-order valence-electron chi connectivity index (χ2n) is 9.30. The second-order valence-corrected chi connectivity index (χ2v) is 9.30. The van der Waals surface area contributed by atoms with Gasteiger partial charge in [0.05, 0.1) is 16.7 Å². The molecule has 0 unspecified atom stereocenters. The molecule has 0 saturated heterocycles. The van der Waals surface area contributed by atoms with E-state index in [1.54, 1.807) is 0 Å². The van der Waals surface area contributed by atoms with Crippen LogP contribution in [0.1, 0.15) is 16.7 Å². The van der Waals surface area contributed by atoms with Gasteiger partial charge in [0, 0.05) is 27.8 Å². The van der Waals surface area contributed by atoms with Crippen LogP contribution < -0.4 is 4.90 Å². The molecule has 2 nitrogen and oxygen atoms in total. The average Bonchev–Trinajstić information content (AvgIpc) is 3.23. The molecule has 0 fully saturated rings. The zero-order valence-electron chi connectivity index (χ0n) is 20.4. The van der Waals surface area contributed by atoms with Crippen molar-refractivity contribution >= 4 is 38.9 Å². The lowest BCUT2D eigenvalue weighted by molar-refractivity contribution is 1.18. The quantitative estimate of drug-likeness (QED) is 0.259. The van der Waals surface area contributed by atoms with E-state index in [0.717, 1.165) is 5.69 Å². The maximum absolute atomic E-state index is 2.40. The minimum atomic E-state index is 1.16. The lowest BCUT2D eigenvalue weighted by atomic mass is 10.1. The van der Waals surface area contributed by atoms with Gasteiger partial charge in [-0.2, -0.15) is 0 Å². The highest BCUT2D eigenvalue weighted by atomic mass is 15.1. The molecular weight excluding hydrogens is 424 g/mol. The summed E-state index contributed by atoms with van der Waals surface area (Å²) in [7, 11) is 0. The topological polar surface area (TPSA) is 8.17 Å². The van der Waals surface area contributed by atoms with Gasteiger partial charge in [-0.3, -0.25) is 0 Å². The Morgan fingerprint density at radius 3 is 2.00 bits per heavy atom. The van der Waals surface area contributed by atoms with Crippen LogP contribution in [0.25, 0.3) is 27.5 Å².